The van der Waals surface area contributed by atoms with Crippen LogP contribution in [0.3, 0.4) is 0 Å². The van der Waals surface area contributed by atoms with Gasteiger partial charge in [0.15, 0.2) is 0 Å². The van der Waals surface area contributed by atoms with Gasteiger partial charge in [0.25, 0.3) is 13.4 Å². The average molecular weight is 1390 g/mol. The molecule has 4 aliphatic rings. The topological polar surface area (TPSA) is 25.4 Å². The number of hydrogen-bond acceptors (Lipinski definition) is 8. The van der Waals surface area contributed by atoms with Gasteiger partial charge in [-0.05, 0) is 153 Å². The number of anilines is 15. The van der Waals surface area contributed by atoms with Crippen LogP contribution in [0.15, 0.2) is 370 Å². The number of para-hydroxylation sites is 7. The van der Waals surface area contributed by atoms with Crippen LogP contribution in [0.4, 0.5) is 85.3 Å². The molecule has 0 fully saturated rings. The predicted octanol–water partition coefficient (Wildman–Crippen LogP) is 23.2. The summed E-state index contributed by atoms with van der Waals surface area (Å²) in [5, 5.41) is 4.97. The van der Waals surface area contributed by atoms with Crippen molar-refractivity contribution in [1.29, 1.82) is 0 Å². The Morgan fingerprint density at radius 1 is 0.274 bits per heavy atom. The molecule has 494 valence electrons. The molecule has 4 aliphatic heterocycles. The Kier molecular flexibility index (Phi) is 13.8. The van der Waals surface area contributed by atoms with Crippen LogP contribution in [-0.2, 0) is 0 Å². The zero-order valence-electron chi connectivity index (χ0n) is 57.3. The third-order valence-corrected chi connectivity index (χ3v) is 24.3. The molecular weight excluding hydrogens is 1320 g/mol. The van der Waals surface area contributed by atoms with Crippen molar-refractivity contribution in [1.82, 2.24) is 0 Å². The molecule has 0 saturated carbocycles. The highest BCUT2D eigenvalue weighted by Crippen LogP contribution is 2.55. The van der Waals surface area contributed by atoms with Gasteiger partial charge in [0, 0.05) is 116 Å². The van der Waals surface area contributed by atoms with Crippen LogP contribution in [0.1, 0.15) is 0 Å². The normalized spacial score (nSPS) is 12.9. The van der Waals surface area contributed by atoms with Crippen molar-refractivity contribution < 1.29 is 4.74 Å². The van der Waals surface area contributed by atoms with Crippen LogP contribution in [0.2, 0.25) is 0 Å². The van der Waals surface area contributed by atoms with Gasteiger partial charge in [0.1, 0.15) is 11.5 Å². The molecule has 18 aromatic rings. The van der Waals surface area contributed by atoms with E-state index in [0.29, 0.717) is 0 Å². The van der Waals surface area contributed by atoms with E-state index >= 15 is 0 Å². The van der Waals surface area contributed by atoms with Crippen LogP contribution in [0.5, 0.6) is 11.5 Å². The monoisotopic (exact) mass is 1390 g/mol. The third-order valence-electron chi connectivity index (χ3n) is 22.0. The SMILES string of the molecule is c1ccc(-c2cccc(-c3ccccc3)c2N(c2ccccc2)c2cc3c4c(c2)N(c2cccc5sc6ccccc6c25)c2ccccc2B4c2cc4c(cc2O3)N(c2ccccc2)c2cc(N(c3ccccc3)c3cccc5c3sc3ccccc35)cc3c2B4c2ccccc2N3c2ccccc2)cc1. The molecule has 106 heavy (non-hydrogen) atoms. The second-order valence-electron chi connectivity index (χ2n) is 27.8. The van der Waals surface area contributed by atoms with Gasteiger partial charge < -0.3 is 29.2 Å². The maximum absolute atomic E-state index is 8.10. The summed E-state index contributed by atoms with van der Waals surface area (Å²) in [7, 11) is 0. The van der Waals surface area contributed by atoms with Crippen molar-refractivity contribution in [3.05, 3.63) is 370 Å². The Labute approximate surface area is 623 Å². The summed E-state index contributed by atoms with van der Waals surface area (Å²) >= 11 is 3.72. The zero-order chi connectivity index (χ0) is 69.5. The highest BCUT2D eigenvalue weighted by atomic mass is 32.1. The lowest BCUT2D eigenvalue weighted by Crippen LogP contribution is -2.64. The van der Waals surface area contributed by atoms with Crippen molar-refractivity contribution in [2.24, 2.45) is 0 Å². The minimum atomic E-state index is -0.259. The standard InChI is InChI=1S/C96H61B2N5OS2/c1-7-30-62(31-8-1)70-44-27-45-71(63-32-9-2-10-33-63)95(70)100(65-36-13-4-14-37-65)69-58-86-94-88(59-69)104-87-61-83-77(60-78(87)98(94)76-48-22-24-50-80(76)103(86)81-51-29-55-91-92(81)74-43-20-26-54-90(74)105-91)97-75-47-21-23-49-79(75)101(66-38-15-5-16-39-66)84-56-68(57-85(93(84)97)102(83)67-40-17-6-18-41-67)99(64-34-11-3-12-35-64)82-52-28-46-73-72-42-19-25-53-89(72)106-96(73)82/h1-61H. The molecule has 0 aliphatic carbocycles. The molecule has 0 atom stereocenters. The smallest absolute Gasteiger partial charge is 0.256 e. The molecular formula is C96H61B2N5OS2. The van der Waals surface area contributed by atoms with Gasteiger partial charge in [-0.15, -0.1) is 22.7 Å². The third kappa shape index (κ3) is 9.31. The lowest BCUT2D eigenvalue weighted by molar-refractivity contribution is 0.488. The van der Waals surface area contributed by atoms with Gasteiger partial charge >= 0.3 is 0 Å². The van der Waals surface area contributed by atoms with Crippen molar-refractivity contribution in [2.75, 3.05) is 24.5 Å². The first kappa shape index (κ1) is 60.5. The lowest BCUT2D eigenvalue weighted by atomic mass is 9.30. The van der Waals surface area contributed by atoms with E-state index in [9.17, 15) is 0 Å². The quantitative estimate of drug-likeness (QED) is 0.120. The number of thiophene rings is 2. The van der Waals surface area contributed by atoms with E-state index in [4.69, 9.17) is 4.74 Å². The summed E-state index contributed by atoms with van der Waals surface area (Å²) < 4.78 is 13.1. The molecule has 0 amide bonds. The Balaban J connectivity index is 0.829. The van der Waals surface area contributed by atoms with E-state index in [0.717, 1.165) is 130 Å². The molecule has 0 saturated heterocycles. The largest absolute Gasteiger partial charge is 0.458 e. The number of benzene rings is 16. The number of ether oxygens (including phenoxy) is 1. The fourth-order valence-electron chi connectivity index (χ4n) is 17.7. The van der Waals surface area contributed by atoms with Gasteiger partial charge in [-0.2, -0.15) is 0 Å². The molecule has 2 aromatic heterocycles. The molecule has 6 heterocycles. The van der Waals surface area contributed by atoms with Gasteiger partial charge in [-0.3, -0.25) is 0 Å². The molecule has 6 nitrogen and oxygen atoms in total. The summed E-state index contributed by atoms with van der Waals surface area (Å²) in [5.41, 5.74) is 27.7. The van der Waals surface area contributed by atoms with Crippen LogP contribution in [0, 0.1) is 0 Å². The maximum Gasteiger partial charge on any atom is 0.256 e. The second kappa shape index (κ2) is 24.3. The lowest BCUT2D eigenvalue weighted by Gasteiger charge is -2.46. The van der Waals surface area contributed by atoms with Crippen LogP contribution >= 0.6 is 22.7 Å². The number of rotatable bonds is 11. The van der Waals surface area contributed by atoms with Crippen LogP contribution < -0.4 is 62.0 Å². The first-order valence-electron chi connectivity index (χ1n) is 36.3. The van der Waals surface area contributed by atoms with Gasteiger partial charge in [-0.1, -0.05) is 249 Å². The molecule has 16 aromatic carbocycles. The van der Waals surface area contributed by atoms with Crippen LogP contribution in [0.25, 0.3) is 62.6 Å². The molecule has 0 unspecified atom stereocenters. The summed E-state index contributed by atoms with van der Waals surface area (Å²) in [5.74, 6) is 1.61. The van der Waals surface area contributed by atoms with Crippen molar-refractivity contribution >= 4 is 195 Å². The van der Waals surface area contributed by atoms with E-state index in [2.05, 4.69) is 395 Å². The summed E-state index contributed by atoms with van der Waals surface area (Å²) in [6.07, 6.45) is 0. The second-order valence-corrected chi connectivity index (χ2v) is 29.9. The Hall–Kier alpha value is -13.1. The Bertz CT molecular complexity index is 6500. The van der Waals surface area contributed by atoms with Crippen molar-refractivity contribution in [3.63, 3.8) is 0 Å². The highest BCUT2D eigenvalue weighted by molar-refractivity contribution is 7.26. The number of nitrogens with zero attached hydrogens (tertiary/aromatic N) is 5. The predicted molar refractivity (Wildman–Crippen MR) is 452 cm³/mol. The van der Waals surface area contributed by atoms with E-state index in [1.54, 1.807) is 0 Å². The van der Waals surface area contributed by atoms with Gasteiger partial charge in [0.05, 0.1) is 33.1 Å². The molecule has 22 rings (SSSR count). The van der Waals surface area contributed by atoms with E-state index in [1.807, 2.05) is 22.7 Å². The summed E-state index contributed by atoms with van der Waals surface area (Å²) in [6.45, 7) is -0.470. The fraction of sp³-hybridized carbons (Fsp3) is 0. The van der Waals surface area contributed by atoms with Gasteiger partial charge in [0.2, 0.25) is 0 Å². The average Bonchev–Trinajstić information content (AvgIpc) is 0.778. The molecule has 0 N–H and O–H groups in total. The molecule has 0 radical (unpaired) electrons. The van der Waals surface area contributed by atoms with Crippen LogP contribution in [-0.4, -0.2) is 13.4 Å². The number of hydrogen-bond donors (Lipinski definition) is 0. The van der Waals surface area contributed by atoms with Gasteiger partial charge in [-0.25, -0.2) is 0 Å². The summed E-state index contributed by atoms with van der Waals surface area (Å²) in [4.78, 5) is 12.6. The maximum atomic E-state index is 8.10. The van der Waals surface area contributed by atoms with E-state index in [1.165, 1.54) is 62.2 Å². The Morgan fingerprint density at radius 2 is 0.736 bits per heavy atom. The van der Waals surface area contributed by atoms with E-state index in [-0.39, 0.29) is 13.4 Å². The number of fused-ring (bicyclic) bond motifs is 14. The molecule has 0 spiro atoms. The summed E-state index contributed by atoms with van der Waals surface area (Å²) in [6, 6.07) is 137. The first-order valence-corrected chi connectivity index (χ1v) is 37.9. The minimum absolute atomic E-state index is 0.211. The Morgan fingerprint density at radius 3 is 1.38 bits per heavy atom. The van der Waals surface area contributed by atoms with Crippen molar-refractivity contribution in [2.45, 2.75) is 0 Å². The first-order chi connectivity index (χ1) is 52.6. The van der Waals surface area contributed by atoms with Crippen molar-refractivity contribution in [3.8, 4) is 33.8 Å². The molecule has 10 heteroatoms. The zero-order valence-corrected chi connectivity index (χ0v) is 59.0. The highest BCUT2D eigenvalue weighted by Gasteiger charge is 2.49. The molecule has 0 bridgehead atoms. The van der Waals surface area contributed by atoms with E-state index < -0.39 is 0 Å². The minimum Gasteiger partial charge on any atom is -0.458 e. The fourth-order valence-corrected chi connectivity index (χ4v) is 20.0.